The Balaban J connectivity index is 2.11. The number of anilines is 3. The monoisotopic (exact) mass is 230 g/mol. The van der Waals surface area contributed by atoms with Crippen molar-refractivity contribution in [3.63, 3.8) is 0 Å². The summed E-state index contributed by atoms with van der Waals surface area (Å²) in [4.78, 5) is 0. The first-order valence-corrected chi connectivity index (χ1v) is 5.73. The van der Waals surface area contributed by atoms with Crippen LogP contribution < -0.4 is 11.1 Å². The zero-order valence-electron chi connectivity index (χ0n) is 8.85. The van der Waals surface area contributed by atoms with E-state index in [9.17, 15) is 0 Å². The maximum atomic E-state index is 5.62. The van der Waals surface area contributed by atoms with E-state index in [4.69, 9.17) is 5.73 Å². The highest BCUT2D eigenvalue weighted by atomic mass is 32.1. The van der Waals surface area contributed by atoms with Gasteiger partial charge in [0.05, 0.1) is 0 Å². The Bertz CT molecular complexity index is 448. The molecule has 0 radical (unpaired) electrons. The van der Waals surface area contributed by atoms with Crippen LogP contribution in [-0.4, -0.2) is 0 Å². The number of nitrogen functional groups attached to an aromatic ring is 1. The highest BCUT2D eigenvalue weighted by Crippen LogP contribution is 2.18. The lowest BCUT2D eigenvalue weighted by Gasteiger charge is -2.07. The topological polar surface area (TPSA) is 38.0 Å². The van der Waals surface area contributed by atoms with Gasteiger partial charge in [-0.25, -0.2) is 0 Å². The van der Waals surface area contributed by atoms with Gasteiger partial charge in [0.15, 0.2) is 0 Å². The van der Waals surface area contributed by atoms with E-state index in [1.165, 1.54) is 5.56 Å². The number of rotatable bonds is 3. The van der Waals surface area contributed by atoms with Crippen molar-refractivity contribution in [2.24, 2.45) is 0 Å². The molecule has 0 aliphatic rings. The molecule has 0 saturated carbocycles. The molecule has 0 atom stereocenters. The van der Waals surface area contributed by atoms with Gasteiger partial charge in [-0.15, -0.1) is 0 Å². The van der Waals surface area contributed by atoms with Crippen LogP contribution in [0.4, 0.5) is 17.1 Å². The van der Waals surface area contributed by atoms with Crippen LogP contribution >= 0.6 is 12.6 Å². The third-order valence-corrected chi connectivity index (χ3v) is 2.70. The summed E-state index contributed by atoms with van der Waals surface area (Å²) in [6.45, 7) is 0. The van der Waals surface area contributed by atoms with Gasteiger partial charge in [-0.1, -0.05) is 12.1 Å². The minimum atomic E-state index is 0.766. The van der Waals surface area contributed by atoms with Crippen LogP contribution in [0, 0.1) is 0 Å². The van der Waals surface area contributed by atoms with Gasteiger partial charge in [-0.2, -0.15) is 12.6 Å². The fraction of sp³-hybridized carbons (Fsp3) is 0.0769. The summed E-state index contributed by atoms with van der Waals surface area (Å²) in [5, 5.41) is 3.30. The number of nitrogens with two attached hydrogens (primary N) is 1. The molecule has 0 heterocycles. The molecule has 0 aliphatic carbocycles. The first-order chi connectivity index (χ1) is 7.78. The van der Waals surface area contributed by atoms with E-state index in [1.807, 2.05) is 36.4 Å². The molecule has 2 aromatic rings. The minimum Gasteiger partial charge on any atom is -0.399 e. The van der Waals surface area contributed by atoms with E-state index in [0.717, 1.165) is 22.8 Å². The van der Waals surface area contributed by atoms with Crippen LogP contribution in [0.15, 0.2) is 48.5 Å². The van der Waals surface area contributed by atoms with Crippen molar-refractivity contribution in [3.05, 3.63) is 54.1 Å². The van der Waals surface area contributed by atoms with E-state index in [0.29, 0.717) is 0 Å². The molecule has 0 bridgehead atoms. The van der Waals surface area contributed by atoms with Crippen molar-refractivity contribution in [1.82, 2.24) is 0 Å². The standard InChI is InChI=1S/C13H14N2S/c14-11-3-7-13(8-4-11)15-12-5-1-10(9-16)2-6-12/h1-8,15-16H,9,14H2. The lowest BCUT2D eigenvalue weighted by atomic mass is 10.2. The van der Waals surface area contributed by atoms with Crippen molar-refractivity contribution in [2.45, 2.75) is 5.75 Å². The first kappa shape index (κ1) is 10.9. The highest BCUT2D eigenvalue weighted by Gasteiger charge is 1.94. The quantitative estimate of drug-likeness (QED) is 0.558. The average molecular weight is 230 g/mol. The predicted octanol–water partition coefficient (Wildman–Crippen LogP) is 3.44. The number of benzene rings is 2. The van der Waals surface area contributed by atoms with Gasteiger partial charge in [0.25, 0.3) is 0 Å². The van der Waals surface area contributed by atoms with Crippen molar-refractivity contribution < 1.29 is 0 Å². The van der Waals surface area contributed by atoms with Gasteiger partial charge >= 0.3 is 0 Å². The lowest BCUT2D eigenvalue weighted by Crippen LogP contribution is -1.91. The molecule has 0 saturated heterocycles. The van der Waals surface area contributed by atoms with Crippen LogP contribution in [-0.2, 0) is 5.75 Å². The molecule has 0 aliphatic heterocycles. The van der Waals surface area contributed by atoms with Gasteiger partial charge in [-0.05, 0) is 42.0 Å². The van der Waals surface area contributed by atoms with Crippen molar-refractivity contribution in [2.75, 3.05) is 11.1 Å². The smallest absolute Gasteiger partial charge is 0.0385 e. The Labute approximate surface area is 101 Å². The normalized spacial score (nSPS) is 10.1. The molecular weight excluding hydrogens is 216 g/mol. The van der Waals surface area contributed by atoms with E-state index >= 15 is 0 Å². The molecular formula is C13H14N2S. The number of hydrogen-bond donors (Lipinski definition) is 3. The van der Waals surface area contributed by atoms with Crippen LogP contribution in [0.5, 0.6) is 0 Å². The first-order valence-electron chi connectivity index (χ1n) is 5.10. The summed E-state index contributed by atoms with van der Waals surface area (Å²) in [5.74, 6) is 0.766. The average Bonchev–Trinajstić information content (AvgIpc) is 2.33. The molecule has 0 amide bonds. The molecule has 16 heavy (non-hydrogen) atoms. The molecule has 2 rings (SSSR count). The van der Waals surface area contributed by atoms with Crippen LogP contribution in [0.3, 0.4) is 0 Å². The van der Waals surface area contributed by atoms with E-state index in [-0.39, 0.29) is 0 Å². The molecule has 2 nitrogen and oxygen atoms in total. The summed E-state index contributed by atoms with van der Waals surface area (Å²) in [6, 6.07) is 15.9. The van der Waals surface area contributed by atoms with Crippen LogP contribution in [0.1, 0.15) is 5.56 Å². The Morgan fingerprint density at radius 3 is 1.88 bits per heavy atom. The van der Waals surface area contributed by atoms with E-state index in [1.54, 1.807) is 0 Å². The molecule has 82 valence electrons. The minimum absolute atomic E-state index is 0.766. The van der Waals surface area contributed by atoms with Crippen LogP contribution in [0.25, 0.3) is 0 Å². The van der Waals surface area contributed by atoms with Crippen molar-refractivity contribution >= 4 is 29.7 Å². The van der Waals surface area contributed by atoms with E-state index in [2.05, 4.69) is 30.1 Å². The lowest BCUT2D eigenvalue weighted by molar-refractivity contribution is 1.42. The Kier molecular flexibility index (Phi) is 3.37. The number of thiol groups is 1. The fourth-order valence-electron chi connectivity index (χ4n) is 1.43. The maximum Gasteiger partial charge on any atom is 0.0385 e. The maximum absolute atomic E-state index is 5.62. The summed E-state index contributed by atoms with van der Waals surface area (Å²) in [6.07, 6.45) is 0. The third-order valence-electron chi connectivity index (χ3n) is 2.34. The summed E-state index contributed by atoms with van der Waals surface area (Å²) in [7, 11) is 0. The molecule has 0 fully saturated rings. The molecule has 3 N–H and O–H groups in total. The van der Waals surface area contributed by atoms with Gasteiger partial charge in [-0.3, -0.25) is 0 Å². The van der Waals surface area contributed by atoms with Gasteiger partial charge < -0.3 is 11.1 Å². The van der Waals surface area contributed by atoms with E-state index < -0.39 is 0 Å². The predicted molar refractivity (Wildman–Crippen MR) is 73.3 cm³/mol. The Hall–Kier alpha value is -1.61. The highest BCUT2D eigenvalue weighted by molar-refractivity contribution is 7.79. The molecule has 0 unspecified atom stereocenters. The zero-order chi connectivity index (χ0) is 11.4. The molecule has 2 aromatic carbocycles. The fourth-order valence-corrected chi connectivity index (χ4v) is 1.64. The second-order valence-corrected chi connectivity index (χ2v) is 3.92. The summed E-state index contributed by atoms with van der Waals surface area (Å²) in [5.41, 5.74) is 9.71. The summed E-state index contributed by atoms with van der Waals surface area (Å²) < 4.78 is 0. The summed E-state index contributed by atoms with van der Waals surface area (Å²) >= 11 is 4.22. The van der Waals surface area contributed by atoms with Crippen molar-refractivity contribution in [1.29, 1.82) is 0 Å². The second kappa shape index (κ2) is 4.94. The van der Waals surface area contributed by atoms with Gasteiger partial charge in [0.1, 0.15) is 0 Å². The van der Waals surface area contributed by atoms with Gasteiger partial charge in [0, 0.05) is 22.8 Å². The third kappa shape index (κ3) is 2.70. The van der Waals surface area contributed by atoms with Crippen LogP contribution in [0.2, 0.25) is 0 Å². The largest absolute Gasteiger partial charge is 0.399 e. The Morgan fingerprint density at radius 2 is 1.38 bits per heavy atom. The molecule has 0 spiro atoms. The number of hydrogen-bond acceptors (Lipinski definition) is 3. The Morgan fingerprint density at radius 1 is 0.875 bits per heavy atom. The second-order valence-electron chi connectivity index (χ2n) is 3.60. The van der Waals surface area contributed by atoms with Crippen molar-refractivity contribution in [3.8, 4) is 0 Å². The van der Waals surface area contributed by atoms with Gasteiger partial charge in [0.2, 0.25) is 0 Å². The molecule has 0 aromatic heterocycles. The molecule has 3 heteroatoms. The number of nitrogens with one attached hydrogen (secondary N) is 1. The SMILES string of the molecule is Nc1ccc(Nc2ccc(CS)cc2)cc1. The zero-order valence-corrected chi connectivity index (χ0v) is 9.74.